The van der Waals surface area contributed by atoms with Crippen LogP contribution >= 0.6 is 0 Å². The molecule has 11 aromatic carbocycles. The normalized spacial score (nSPS) is 15.5. The Morgan fingerprint density at radius 3 is 1.63 bits per heavy atom. The minimum absolute atomic E-state index is 0. The van der Waals surface area contributed by atoms with E-state index in [0.29, 0.717) is 56.2 Å². The average Bonchev–Trinajstić information content (AvgIpc) is 0.895. The van der Waals surface area contributed by atoms with Gasteiger partial charge in [0.05, 0.1) is 27.4 Å². The van der Waals surface area contributed by atoms with E-state index < -0.39 is 132 Å². The molecule has 2 aromatic heterocycles. The molecule has 0 N–H and O–H groups in total. The van der Waals surface area contributed by atoms with Gasteiger partial charge in [0.2, 0.25) is 0 Å². The Labute approximate surface area is 553 Å². The quantitative estimate of drug-likeness (QED) is 0.114. The second-order valence-corrected chi connectivity index (χ2v) is 22.6. The number of rotatable bonds is 12. The van der Waals surface area contributed by atoms with Crippen molar-refractivity contribution in [3.63, 3.8) is 0 Å². The van der Waals surface area contributed by atoms with Crippen molar-refractivity contribution in [2.75, 3.05) is 9.80 Å². The van der Waals surface area contributed by atoms with Gasteiger partial charge >= 0.3 is 0 Å². The van der Waals surface area contributed by atoms with Crippen LogP contribution in [0.4, 0.5) is 22.7 Å². The van der Waals surface area contributed by atoms with Gasteiger partial charge in [-0.1, -0.05) is 229 Å². The number of aromatic nitrogens is 2. The van der Waals surface area contributed by atoms with Gasteiger partial charge in [0, 0.05) is 89.7 Å². The van der Waals surface area contributed by atoms with Crippen molar-refractivity contribution in [3.05, 3.63) is 296 Å². The number of hydrogen-bond acceptors (Lipinski definition) is 5. The molecule has 7 heteroatoms. The van der Waals surface area contributed by atoms with E-state index in [9.17, 15) is 2.74 Å². The van der Waals surface area contributed by atoms with Crippen molar-refractivity contribution in [1.82, 2.24) is 9.55 Å². The standard InChI is InChI=1S/C80H63N4O2.Pt/c1-79(2,3)60-46-58(54-25-11-7-12-26-54)45-59(47-60)71-49-61(80(4,5)6)48-70(57-31-17-10-18-32-57)78(71)86-65-43-44-81-76(52-65)84-72-38-20-19-35-68(72)69-42-41-64(51-75(69)84)85-63-34-23-33-62(50-63)82-53-83(74-40-22-21-39-73(74)82)77-66(55-27-13-8-14-28-55)36-24-37-67(77)56-29-15-9-16-30-56;/h7-49,52-53H,1-6H3;/q-3;/i7D,8D,9D,10D,11D,12D,13D,14D,15D,16D,17D,18D,25D,26D,27D,28D,29D,30D,31D,32D;. The summed E-state index contributed by atoms with van der Waals surface area (Å²) >= 11 is 0. The minimum Gasteiger partial charge on any atom is -0.509 e. The molecule has 14 rings (SSSR count). The van der Waals surface area contributed by atoms with Gasteiger partial charge < -0.3 is 23.8 Å². The van der Waals surface area contributed by atoms with Crippen LogP contribution in [-0.4, -0.2) is 9.55 Å². The van der Waals surface area contributed by atoms with Gasteiger partial charge in [-0.3, -0.25) is 0 Å². The number of ether oxygens (including phenoxy) is 2. The number of benzene rings is 11. The topological polar surface area (TPSA) is 42.8 Å². The number of fused-ring (bicyclic) bond motifs is 4. The number of anilines is 4. The van der Waals surface area contributed by atoms with Gasteiger partial charge in [-0.25, -0.2) is 4.98 Å². The van der Waals surface area contributed by atoms with E-state index in [0.717, 1.165) is 16.3 Å². The molecule has 0 unspecified atom stereocenters. The summed E-state index contributed by atoms with van der Waals surface area (Å²) in [6, 6.07) is 37.0. The minimum atomic E-state index is -0.637. The number of hydrogen-bond donors (Lipinski definition) is 0. The van der Waals surface area contributed by atoms with Gasteiger partial charge in [0.25, 0.3) is 0 Å². The summed E-state index contributed by atoms with van der Waals surface area (Å²) in [6.45, 7) is 13.6. The average molecular weight is 1330 g/mol. The third-order valence-corrected chi connectivity index (χ3v) is 15.0. The summed E-state index contributed by atoms with van der Waals surface area (Å²) in [7, 11) is 0. The SMILES string of the molecule is [2H]c1c([2H])c([2H])c(-c2cc(-c3cc(C(C)(C)C)cc(-c4c([2H])c([2H])c([2H])c([2H])c4[2H])c3Oc3ccnc(-n4c5[c-]c(Oc6[c-]c(N7[CH-]N(c8c(-c9c([2H])c([2H])c([2H])c([2H])c9[2H])cccc8-c8c([2H])c([2H])c([2H])c([2H])c8[2H])c8ccccc87)ccc6)ccc5c5ccccc54)c3)cc(C(C)(C)C)c2)c([2H])c1[2H].[Pt]. The zero-order valence-electron chi connectivity index (χ0n) is 67.9. The van der Waals surface area contributed by atoms with Crippen LogP contribution in [0.15, 0.2) is 267 Å². The molecule has 0 fully saturated rings. The Hall–Kier alpha value is -9.74. The van der Waals surface area contributed by atoms with Crippen LogP contribution in [0, 0.1) is 18.8 Å². The van der Waals surface area contributed by atoms with Crippen LogP contribution < -0.4 is 19.3 Å². The maximum absolute atomic E-state index is 9.41. The van der Waals surface area contributed by atoms with Gasteiger partial charge in [-0.2, -0.15) is 12.1 Å². The van der Waals surface area contributed by atoms with E-state index in [1.54, 1.807) is 108 Å². The van der Waals surface area contributed by atoms with Gasteiger partial charge in [0.15, 0.2) is 0 Å². The molecule has 428 valence electrons. The maximum Gasteiger partial charge on any atom is 0.143 e. The molecule has 0 saturated heterocycles. The molecule has 0 aliphatic carbocycles. The predicted molar refractivity (Wildman–Crippen MR) is 355 cm³/mol. The molecule has 0 atom stereocenters. The van der Waals surface area contributed by atoms with E-state index in [1.807, 2.05) is 101 Å². The third-order valence-electron chi connectivity index (χ3n) is 15.0. The van der Waals surface area contributed by atoms with Crippen LogP contribution in [-0.2, 0) is 31.9 Å². The second kappa shape index (κ2) is 23.3. The number of nitrogens with zero attached hydrogens (tertiary/aromatic N) is 4. The first-order valence-corrected chi connectivity index (χ1v) is 27.8. The zero-order valence-corrected chi connectivity index (χ0v) is 50.1. The molecular formula is C80H63N4O2Pt-3. The summed E-state index contributed by atoms with van der Waals surface area (Å²) < 4.78 is 193. The van der Waals surface area contributed by atoms with E-state index in [-0.39, 0.29) is 88.7 Å². The third kappa shape index (κ3) is 11.0. The fourth-order valence-electron chi connectivity index (χ4n) is 10.8. The molecule has 0 radical (unpaired) electrons. The molecule has 3 heterocycles. The molecule has 13 aromatic rings. The Morgan fingerprint density at radius 2 is 0.989 bits per heavy atom. The summed E-state index contributed by atoms with van der Waals surface area (Å²) in [6.07, 6.45) is 1.55. The first-order valence-electron chi connectivity index (χ1n) is 37.8. The Balaban J connectivity index is 0.0000101. The van der Waals surface area contributed by atoms with Crippen molar-refractivity contribution in [2.24, 2.45) is 0 Å². The molecule has 1 aliphatic rings. The molecular weight excluding hydrogens is 1240 g/mol. The van der Waals surface area contributed by atoms with Crippen LogP contribution in [0.1, 0.15) is 80.1 Å². The van der Waals surface area contributed by atoms with E-state index >= 15 is 0 Å². The summed E-state index contributed by atoms with van der Waals surface area (Å²) in [4.78, 5) is 8.40. The van der Waals surface area contributed by atoms with Crippen LogP contribution in [0.5, 0.6) is 23.0 Å². The van der Waals surface area contributed by atoms with Gasteiger partial charge in [-0.15, -0.1) is 48.1 Å². The zero-order chi connectivity index (χ0) is 75.9. The Morgan fingerprint density at radius 1 is 0.448 bits per heavy atom. The van der Waals surface area contributed by atoms with Crippen molar-refractivity contribution >= 4 is 44.6 Å². The number of pyridine rings is 1. The Bertz CT molecular complexity index is 5710. The van der Waals surface area contributed by atoms with Crippen LogP contribution in [0.3, 0.4) is 0 Å². The molecule has 1 aliphatic heterocycles. The van der Waals surface area contributed by atoms with Crippen molar-refractivity contribution in [1.29, 1.82) is 0 Å². The van der Waals surface area contributed by atoms with E-state index in [2.05, 4.69) is 12.1 Å². The van der Waals surface area contributed by atoms with Gasteiger partial charge in [-0.05, 0) is 103 Å². The van der Waals surface area contributed by atoms with Crippen molar-refractivity contribution in [2.45, 2.75) is 52.4 Å². The summed E-state index contributed by atoms with van der Waals surface area (Å²) in [5.74, 6) is 1.12. The van der Waals surface area contributed by atoms with Crippen LogP contribution in [0.2, 0.25) is 0 Å². The smallest absolute Gasteiger partial charge is 0.143 e. The second-order valence-electron chi connectivity index (χ2n) is 22.6. The van der Waals surface area contributed by atoms with E-state index in [1.165, 1.54) is 0 Å². The molecule has 0 bridgehead atoms. The molecule has 0 spiro atoms. The monoisotopic (exact) mass is 1330 g/mol. The summed E-state index contributed by atoms with van der Waals surface area (Å²) in [5, 5.41) is 1.59. The van der Waals surface area contributed by atoms with E-state index in [4.69, 9.17) is 39.1 Å². The number of para-hydroxylation sites is 4. The molecule has 0 amide bonds. The maximum atomic E-state index is 9.41. The molecule has 87 heavy (non-hydrogen) atoms. The first-order chi connectivity index (χ1) is 50.2. The largest absolute Gasteiger partial charge is 0.509 e. The Kier molecular flexibility index (Phi) is 10.1. The fourth-order valence-corrected chi connectivity index (χ4v) is 10.8. The first kappa shape index (κ1) is 37.6. The molecule has 6 nitrogen and oxygen atoms in total. The van der Waals surface area contributed by atoms with Crippen molar-refractivity contribution in [3.8, 4) is 84.5 Å². The molecule has 0 saturated carbocycles. The van der Waals surface area contributed by atoms with Crippen LogP contribution in [0.25, 0.3) is 83.3 Å². The van der Waals surface area contributed by atoms with Crippen molar-refractivity contribution < 1.29 is 58.0 Å². The predicted octanol–water partition coefficient (Wildman–Crippen LogP) is 21.7. The van der Waals surface area contributed by atoms with Gasteiger partial charge in [0.1, 0.15) is 17.3 Å². The summed E-state index contributed by atoms with van der Waals surface area (Å²) in [5.41, 5.74) is 4.11. The fraction of sp³-hybridized carbons (Fsp3) is 0.100.